The van der Waals surface area contributed by atoms with E-state index in [9.17, 15) is 4.79 Å². The molecule has 0 saturated heterocycles. The molecule has 0 aromatic heterocycles. The van der Waals surface area contributed by atoms with Crippen LogP contribution in [-0.2, 0) is 4.79 Å². The van der Waals surface area contributed by atoms with Gasteiger partial charge in [0.15, 0.2) is 0 Å². The fraction of sp³-hybridized carbons (Fsp3) is 0.944. The fourth-order valence-electron chi connectivity index (χ4n) is 2.51. The van der Waals surface area contributed by atoms with Crippen LogP contribution in [0, 0.1) is 0 Å². The van der Waals surface area contributed by atoms with Gasteiger partial charge in [-0.05, 0) is 19.5 Å². The molecule has 0 saturated carbocycles. The van der Waals surface area contributed by atoms with Crippen LogP contribution in [0.15, 0.2) is 0 Å². The Labute approximate surface area is 132 Å². The standard InChI is InChI=1S/C18H38N2O/c1-4-7-8-9-10-11-12-13-14-15-16-18(21)19-17-20(5-2)6-3/h4-17H2,1-3H3,(H,19,21). The first-order valence-electron chi connectivity index (χ1n) is 9.23. The number of rotatable bonds is 15. The lowest BCUT2D eigenvalue weighted by Crippen LogP contribution is -2.37. The van der Waals surface area contributed by atoms with Crippen LogP contribution in [0.4, 0.5) is 0 Å². The van der Waals surface area contributed by atoms with Crippen molar-refractivity contribution in [2.24, 2.45) is 0 Å². The summed E-state index contributed by atoms with van der Waals surface area (Å²) < 4.78 is 0. The Morgan fingerprint density at radius 1 is 0.762 bits per heavy atom. The van der Waals surface area contributed by atoms with Crippen LogP contribution < -0.4 is 5.32 Å². The van der Waals surface area contributed by atoms with Gasteiger partial charge in [-0.25, -0.2) is 0 Å². The Hall–Kier alpha value is -0.570. The van der Waals surface area contributed by atoms with E-state index in [0.717, 1.165) is 19.5 Å². The molecule has 0 aliphatic carbocycles. The van der Waals surface area contributed by atoms with Gasteiger partial charge in [-0.2, -0.15) is 0 Å². The van der Waals surface area contributed by atoms with Crippen molar-refractivity contribution in [3.63, 3.8) is 0 Å². The van der Waals surface area contributed by atoms with Gasteiger partial charge >= 0.3 is 0 Å². The Morgan fingerprint density at radius 2 is 1.24 bits per heavy atom. The third-order valence-corrected chi connectivity index (χ3v) is 4.15. The van der Waals surface area contributed by atoms with Crippen LogP contribution >= 0.6 is 0 Å². The normalized spacial score (nSPS) is 11.0. The topological polar surface area (TPSA) is 32.3 Å². The van der Waals surface area contributed by atoms with E-state index in [4.69, 9.17) is 0 Å². The summed E-state index contributed by atoms with van der Waals surface area (Å²) in [6.45, 7) is 9.20. The SMILES string of the molecule is CCCCCCCCCCCCC(=O)NCN(CC)CC. The Bertz CT molecular complexity index is 227. The van der Waals surface area contributed by atoms with Gasteiger partial charge in [-0.15, -0.1) is 0 Å². The van der Waals surface area contributed by atoms with E-state index in [2.05, 4.69) is 31.0 Å². The van der Waals surface area contributed by atoms with Crippen LogP contribution in [0.25, 0.3) is 0 Å². The molecule has 0 radical (unpaired) electrons. The molecule has 0 atom stereocenters. The lowest BCUT2D eigenvalue weighted by atomic mass is 10.1. The fourth-order valence-corrected chi connectivity index (χ4v) is 2.51. The van der Waals surface area contributed by atoms with Gasteiger partial charge in [-0.1, -0.05) is 78.6 Å². The molecule has 0 spiro atoms. The van der Waals surface area contributed by atoms with Crippen molar-refractivity contribution >= 4 is 5.91 Å². The Kier molecular flexibility index (Phi) is 15.4. The zero-order valence-electron chi connectivity index (χ0n) is 14.8. The highest BCUT2D eigenvalue weighted by Crippen LogP contribution is 2.11. The first-order chi connectivity index (χ1) is 10.2. The third-order valence-electron chi connectivity index (χ3n) is 4.15. The number of nitrogens with one attached hydrogen (secondary N) is 1. The first-order valence-corrected chi connectivity index (χ1v) is 9.23. The van der Waals surface area contributed by atoms with Crippen molar-refractivity contribution in [1.82, 2.24) is 10.2 Å². The number of amides is 1. The quantitative estimate of drug-likeness (QED) is 0.351. The summed E-state index contributed by atoms with van der Waals surface area (Å²) in [5.41, 5.74) is 0. The van der Waals surface area contributed by atoms with Crippen molar-refractivity contribution < 1.29 is 4.79 Å². The number of carbonyl (C=O) groups is 1. The molecule has 0 heterocycles. The first kappa shape index (κ1) is 20.4. The maximum absolute atomic E-state index is 11.7. The summed E-state index contributed by atoms with van der Waals surface area (Å²) >= 11 is 0. The van der Waals surface area contributed by atoms with Gasteiger partial charge in [0, 0.05) is 6.42 Å². The summed E-state index contributed by atoms with van der Waals surface area (Å²) in [5, 5.41) is 3.00. The number of carbonyl (C=O) groups excluding carboxylic acids is 1. The monoisotopic (exact) mass is 298 g/mol. The molecule has 0 aromatic carbocycles. The number of hydrogen-bond acceptors (Lipinski definition) is 2. The van der Waals surface area contributed by atoms with E-state index in [-0.39, 0.29) is 5.91 Å². The molecule has 126 valence electrons. The van der Waals surface area contributed by atoms with Gasteiger partial charge in [-0.3, -0.25) is 9.69 Å². The predicted octanol–water partition coefficient (Wildman–Crippen LogP) is 4.71. The second kappa shape index (κ2) is 15.8. The van der Waals surface area contributed by atoms with Crippen molar-refractivity contribution in [3.05, 3.63) is 0 Å². The highest BCUT2D eigenvalue weighted by atomic mass is 16.1. The molecular formula is C18H38N2O. The molecule has 3 nitrogen and oxygen atoms in total. The molecule has 0 aliphatic rings. The van der Waals surface area contributed by atoms with E-state index >= 15 is 0 Å². The van der Waals surface area contributed by atoms with E-state index in [1.807, 2.05) is 0 Å². The average molecular weight is 299 g/mol. The molecule has 0 unspecified atom stereocenters. The molecule has 0 aliphatic heterocycles. The van der Waals surface area contributed by atoms with Crippen molar-refractivity contribution in [3.8, 4) is 0 Å². The highest BCUT2D eigenvalue weighted by molar-refractivity contribution is 5.75. The summed E-state index contributed by atoms with van der Waals surface area (Å²) in [6.07, 6.45) is 13.9. The van der Waals surface area contributed by atoms with Crippen LogP contribution in [-0.4, -0.2) is 30.6 Å². The van der Waals surface area contributed by atoms with E-state index in [1.54, 1.807) is 0 Å². The second-order valence-electron chi connectivity index (χ2n) is 5.99. The lowest BCUT2D eigenvalue weighted by molar-refractivity contribution is -0.121. The molecule has 0 rings (SSSR count). The number of hydrogen-bond donors (Lipinski definition) is 1. The molecule has 21 heavy (non-hydrogen) atoms. The summed E-state index contributed by atoms with van der Waals surface area (Å²) in [7, 11) is 0. The smallest absolute Gasteiger partial charge is 0.220 e. The molecule has 0 bridgehead atoms. The zero-order chi connectivity index (χ0) is 15.8. The van der Waals surface area contributed by atoms with Crippen molar-refractivity contribution in [1.29, 1.82) is 0 Å². The molecule has 0 fully saturated rings. The Morgan fingerprint density at radius 3 is 1.71 bits per heavy atom. The average Bonchev–Trinajstić information content (AvgIpc) is 2.50. The van der Waals surface area contributed by atoms with Gasteiger partial charge in [0.1, 0.15) is 0 Å². The van der Waals surface area contributed by atoms with Gasteiger partial charge < -0.3 is 5.32 Å². The van der Waals surface area contributed by atoms with Crippen LogP contribution in [0.3, 0.4) is 0 Å². The third kappa shape index (κ3) is 14.1. The lowest BCUT2D eigenvalue weighted by Gasteiger charge is -2.18. The van der Waals surface area contributed by atoms with Crippen LogP contribution in [0.2, 0.25) is 0 Å². The summed E-state index contributed by atoms with van der Waals surface area (Å²) in [5.74, 6) is 0.210. The zero-order valence-corrected chi connectivity index (χ0v) is 14.8. The van der Waals surface area contributed by atoms with Crippen molar-refractivity contribution in [2.45, 2.75) is 91.4 Å². The number of nitrogens with zero attached hydrogens (tertiary/aromatic N) is 1. The van der Waals surface area contributed by atoms with Crippen LogP contribution in [0.5, 0.6) is 0 Å². The van der Waals surface area contributed by atoms with Gasteiger partial charge in [0.25, 0.3) is 0 Å². The largest absolute Gasteiger partial charge is 0.343 e. The maximum atomic E-state index is 11.7. The number of unbranched alkanes of at least 4 members (excludes halogenated alkanes) is 9. The van der Waals surface area contributed by atoms with E-state index in [1.165, 1.54) is 57.8 Å². The summed E-state index contributed by atoms with van der Waals surface area (Å²) in [6, 6.07) is 0. The minimum absolute atomic E-state index is 0.210. The molecular weight excluding hydrogens is 260 g/mol. The molecule has 0 aromatic rings. The maximum Gasteiger partial charge on any atom is 0.220 e. The molecule has 3 heteroatoms. The van der Waals surface area contributed by atoms with Crippen molar-refractivity contribution in [2.75, 3.05) is 19.8 Å². The van der Waals surface area contributed by atoms with Crippen LogP contribution in [0.1, 0.15) is 91.4 Å². The highest BCUT2D eigenvalue weighted by Gasteiger charge is 2.03. The molecule has 1 N–H and O–H groups in total. The summed E-state index contributed by atoms with van der Waals surface area (Å²) in [4.78, 5) is 13.9. The minimum Gasteiger partial charge on any atom is -0.343 e. The van der Waals surface area contributed by atoms with E-state index < -0.39 is 0 Å². The van der Waals surface area contributed by atoms with Gasteiger partial charge in [0.2, 0.25) is 5.91 Å². The van der Waals surface area contributed by atoms with Gasteiger partial charge in [0.05, 0.1) is 6.67 Å². The second-order valence-corrected chi connectivity index (χ2v) is 5.99. The minimum atomic E-state index is 0.210. The predicted molar refractivity (Wildman–Crippen MR) is 92.4 cm³/mol. The van der Waals surface area contributed by atoms with E-state index in [0.29, 0.717) is 13.1 Å². The Balaban J connectivity index is 3.25. The molecule has 1 amide bonds.